The molecule has 0 aliphatic heterocycles. The third-order valence-electron chi connectivity index (χ3n) is 3.52. The van der Waals surface area contributed by atoms with Gasteiger partial charge in [-0.2, -0.15) is 0 Å². The average molecular weight is 439 g/mol. The predicted octanol–water partition coefficient (Wildman–Crippen LogP) is 5.74. The van der Waals surface area contributed by atoms with Gasteiger partial charge in [0.15, 0.2) is 5.75 Å². The number of carbonyl (C=O) groups is 2. The normalized spacial score (nSPS) is 11.1. The zero-order chi connectivity index (χ0) is 20.4. The molecule has 0 fully saturated rings. The van der Waals surface area contributed by atoms with E-state index in [-0.39, 0.29) is 32.7 Å². The topological polar surface area (TPSA) is 61.8 Å². The maximum Gasteiger partial charge on any atom is 0.514 e. The summed E-state index contributed by atoms with van der Waals surface area (Å²) >= 11 is 3.20. The molecule has 5 nitrogen and oxygen atoms in total. The minimum absolute atomic E-state index is 0.00943. The zero-order valence-electron chi connectivity index (χ0n) is 15.7. The van der Waals surface area contributed by atoms with Gasteiger partial charge in [-0.25, -0.2) is 14.0 Å². The van der Waals surface area contributed by atoms with Gasteiger partial charge in [-0.1, -0.05) is 18.2 Å². The minimum Gasteiger partial charge on any atom is -0.428 e. The molecule has 7 heteroatoms. The molecular weight excluding hydrogens is 419 g/mol. The number of rotatable bonds is 3. The Morgan fingerprint density at radius 2 is 1.59 bits per heavy atom. The molecule has 0 amide bonds. The van der Waals surface area contributed by atoms with E-state index >= 15 is 0 Å². The fraction of sp³-hybridized carbons (Fsp3) is 0.300. The van der Waals surface area contributed by atoms with Crippen molar-refractivity contribution in [1.29, 1.82) is 0 Å². The van der Waals surface area contributed by atoms with Crippen LogP contribution in [0.5, 0.6) is 11.5 Å². The standard InChI is InChI=1S/C20H20BrFO5/c1-11-14(18(23)25-13-9-7-6-8-10-13)17(15(21)12(2)16(11)22)26-19(24)27-20(3,4)5/h6-10H,1-5H3. The summed E-state index contributed by atoms with van der Waals surface area (Å²) in [6.07, 6.45) is -1.01. The summed E-state index contributed by atoms with van der Waals surface area (Å²) in [5.74, 6) is -1.32. The summed E-state index contributed by atoms with van der Waals surface area (Å²) in [6, 6.07) is 8.32. The zero-order valence-corrected chi connectivity index (χ0v) is 17.3. The predicted molar refractivity (Wildman–Crippen MR) is 102 cm³/mol. The molecule has 2 aromatic carbocycles. The molecule has 0 unspecified atom stereocenters. The van der Waals surface area contributed by atoms with E-state index in [4.69, 9.17) is 14.2 Å². The molecule has 0 heterocycles. The Bertz CT molecular complexity index is 872. The van der Waals surface area contributed by atoms with Crippen LogP contribution in [0, 0.1) is 19.7 Å². The summed E-state index contributed by atoms with van der Waals surface area (Å²) in [6.45, 7) is 7.94. The maximum atomic E-state index is 14.5. The van der Waals surface area contributed by atoms with Crippen LogP contribution in [-0.4, -0.2) is 17.7 Å². The van der Waals surface area contributed by atoms with Gasteiger partial charge in [0.2, 0.25) is 0 Å². The third-order valence-corrected chi connectivity index (χ3v) is 4.48. The van der Waals surface area contributed by atoms with Crippen LogP contribution in [-0.2, 0) is 4.74 Å². The van der Waals surface area contributed by atoms with Crippen molar-refractivity contribution < 1.29 is 28.2 Å². The third kappa shape index (κ3) is 5.07. The van der Waals surface area contributed by atoms with Gasteiger partial charge >= 0.3 is 12.1 Å². The summed E-state index contributed by atoms with van der Waals surface area (Å²) < 4.78 is 30.3. The van der Waals surface area contributed by atoms with Crippen molar-refractivity contribution in [3.63, 3.8) is 0 Å². The van der Waals surface area contributed by atoms with Crippen LogP contribution in [0.1, 0.15) is 42.3 Å². The van der Waals surface area contributed by atoms with Gasteiger partial charge in [-0.15, -0.1) is 0 Å². The van der Waals surface area contributed by atoms with Gasteiger partial charge < -0.3 is 14.2 Å². The number of halogens is 2. The van der Waals surface area contributed by atoms with Gasteiger partial charge in [0.05, 0.1) is 4.47 Å². The SMILES string of the molecule is Cc1c(F)c(C)c(C(=O)Oc2ccccc2)c(OC(=O)OC(C)(C)C)c1Br. The number of benzene rings is 2. The Balaban J connectivity index is 2.48. The van der Waals surface area contributed by atoms with E-state index in [1.165, 1.54) is 13.8 Å². The highest BCUT2D eigenvalue weighted by Gasteiger charge is 2.29. The fourth-order valence-corrected chi connectivity index (χ4v) is 2.73. The first-order valence-corrected chi connectivity index (χ1v) is 8.96. The minimum atomic E-state index is -1.01. The van der Waals surface area contributed by atoms with Crippen molar-refractivity contribution >= 4 is 28.1 Å². The lowest BCUT2D eigenvalue weighted by Gasteiger charge is -2.21. The Morgan fingerprint density at radius 3 is 2.15 bits per heavy atom. The molecule has 2 aromatic rings. The van der Waals surface area contributed by atoms with E-state index in [9.17, 15) is 14.0 Å². The second-order valence-corrected chi connectivity index (χ2v) is 7.64. The fourth-order valence-electron chi connectivity index (χ4n) is 2.28. The number of hydrogen-bond acceptors (Lipinski definition) is 5. The Kier molecular flexibility index (Phi) is 6.26. The van der Waals surface area contributed by atoms with Crippen LogP contribution < -0.4 is 9.47 Å². The van der Waals surface area contributed by atoms with Crippen molar-refractivity contribution in [2.24, 2.45) is 0 Å². The molecule has 0 N–H and O–H groups in total. The molecule has 2 rings (SSSR count). The molecule has 144 valence electrons. The monoisotopic (exact) mass is 438 g/mol. The molecule has 0 radical (unpaired) electrons. The first-order valence-electron chi connectivity index (χ1n) is 8.17. The van der Waals surface area contributed by atoms with Crippen LogP contribution in [0.2, 0.25) is 0 Å². The van der Waals surface area contributed by atoms with Crippen molar-refractivity contribution in [2.75, 3.05) is 0 Å². The van der Waals surface area contributed by atoms with Crippen LogP contribution in [0.25, 0.3) is 0 Å². The van der Waals surface area contributed by atoms with Gasteiger partial charge in [0.1, 0.15) is 22.7 Å². The highest BCUT2D eigenvalue weighted by Crippen LogP contribution is 2.38. The van der Waals surface area contributed by atoms with E-state index in [2.05, 4.69) is 15.9 Å². The average Bonchev–Trinajstić information content (AvgIpc) is 2.57. The number of carbonyl (C=O) groups excluding carboxylic acids is 2. The first kappa shape index (κ1) is 20.9. The lowest BCUT2D eigenvalue weighted by Crippen LogP contribution is -2.27. The number of hydrogen-bond donors (Lipinski definition) is 0. The molecule has 0 aliphatic rings. The Hall–Kier alpha value is -2.41. The van der Waals surface area contributed by atoms with E-state index in [0.717, 1.165) is 0 Å². The number of ether oxygens (including phenoxy) is 3. The summed E-state index contributed by atoms with van der Waals surface area (Å²) in [5.41, 5.74) is -0.782. The quantitative estimate of drug-likeness (QED) is 0.347. The smallest absolute Gasteiger partial charge is 0.428 e. The second kappa shape index (κ2) is 8.08. The van der Waals surface area contributed by atoms with E-state index < -0.39 is 23.5 Å². The lowest BCUT2D eigenvalue weighted by atomic mass is 10.0. The molecule has 0 spiro atoms. The van der Waals surface area contributed by atoms with Crippen LogP contribution >= 0.6 is 15.9 Å². The highest BCUT2D eigenvalue weighted by atomic mass is 79.9. The lowest BCUT2D eigenvalue weighted by molar-refractivity contribution is 0.0202. The number of esters is 1. The molecule has 0 saturated heterocycles. The van der Waals surface area contributed by atoms with E-state index in [0.29, 0.717) is 0 Å². The van der Waals surface area contributed by atoms with Crippen molar-refractivity contribution in [3.8, 4) is 11.5 Å². The molecule has 27 heavy (non-hydrogen) atoms. The van der Waals surface area contributed by atoms with Crippen LogP contribution in [0.15, 0.2) is 34.8 Å². The van der Waals surface area contributed by atoms with E-state index in [1.807, 2.05) is 0 Å². The van der Waals surface area contributed by atoms with Crippen molar-refractivity contribution in [2.45, 2.75) is 40.2 Å². The van der Waals surface area contributed by atoms with Gasteiger partial charge in [0.25, 0.3) is 0 Å². The molecule has 0 aromatic heterocycles. The molecule has 0 atom stereocenters. The summed E-state index contributed by atoms with van der Waals surface area (Å²) in [7, 11) is 0. The largest absolute Gasteiger partial charge is 0.514 e. The van der Waals surface area contributed by atoms with Crippen LogP contribution in [0.4, 0.5) is 9.18 Å². The van der Waals surface area contributed by atoms with Gasteiger partial charge in [-0.05, 0) is 62.7 Å². The molecule has 0 aliphatic carbocycles. The van der Waals surface area contributed by atoms with E-state index in [1.54, 1.807) is 51.1 Å². The van der Waals surface area contributed by atoms with Crippen molar-refractivity contribution in [1.82, 2.24) is 0 Å². The summed E-state index contributed by atoms with van der Waals surface area (Å²) in [4.78, 5) is 24.8. The van der Waals surface area contributed by atoms with Gasteiger partial charge in [-0.3, -0.25) is 0 Å². The Morgan fingerprint density at radius 1 is 1.00 bits per heavy atom. The molecular formula is C20H20BrFO5. The number of para-hydroxylation sites is 1. The highest BCUT2D eigenvalue weighted by molar-refractivity contribution is 9.10. The van der Waals surface area contributed by atoms with Gasteiger partial charge in [0, 0.05) is 11.1 Å². The Labute approximate surface area is 165 Å². The summed E-state index contributed by atoms with van der Waals surface area (Å²) in [5, 5.41) is 0. The molecule has 0 bridgehead atoms. The maximum absolute atomic E-state index is 14.5. The molecule has 0 saturated carbocycles. The van der Waals surface area contributed by atoms with Crippen LogP contribution in [0.3, 0.4) is 0 Å². The van der Waals surface area contributed by atoms with Crippen molar-refractivity contribution in [3.05, 3.63) is 57.3 Å². The second-order valence-electron chi connectivity index (χ2n) is 6.85. The first-order chi connectivity index (χ1) is 12.5.